The molecule has 5 nitrogen and oxygen atoms in total. The smallest absolute Gasteiger partial charge is 0.223 e. The normalized spacial score (nSPS) is 10.5. The summed E-state index contributed by atoms with van der Waals surface area (Å²) < 4.78 is 0. The Labute approximate surface area is 100 Å². The Morgan fingerprint density at radius 3 is 2.76 bits per heavy atom. The van der Waals surface area contributed by atoms with E-state index in [1.54, 1.807) is 12.4 Å². The van der Waals surface area contributed by atoms with Crippen LogP contribution < -0.4 is 5.73 Å². The zero-order valence-corrected chi connectivity index (χ0v) is 10.0. The van der Waals surface area contributed by atoms with Crippen molar-refractivity contribution in [3.05, 3.63) is 29.8 Å². The number of rotatable bonds is 3. The van der Waals surface area contributed by atoms with E-state index in [0.717, 1.165) is 29.8 Å². The summed E-state index contributed by atoms with van der Waals surface area (Å²) in [5, 5.41) is 0. The molecule has 0 aliphatic rings. The molecule has 2 heterocycles. The average Bonchev–Trinajstić information content (AvgIpc) is 2.29. The van der Waals surface area contributed by atoms with Gasteiger partial charge >= 0.3 is 0 Å². The van der Waals surface area contributed by atoms with E-state index in [9.17, 15) is 0 Å². The molecule has 88 valence electrons. The number of aromatic nitrogens is 4. The SMILES string of the molecule is CCCc1nc(N)nc(-c2ccncc2C)n1. The van der Waals surface area contributed by atoms with E-state index >= 15 is 0 Å². The van der Waals surface area contributed by atoms with E-state index in [0.29, 0.717) is 5.82 Å². The minimum atomic E-state index is 0.273. The highest BCUT2D eigenvalue weighted by Crippen LogP contribution is 2.18. The van der Waals surface area contributed by atoms with Crippen molar-refractivity contribution in [1.82, 2.24) is 19.9 Å². The number of aryl methyl sites for hydroxylation is 2. The van der Waals surface area contributed by atoms with Crippen LogP contribution in [0.5, 0.6) is 0 Å². The Hall–Kier alpha value is -2.04. The van der Waals surface area contributed by atoms with Gasteiger partial charge in [-0.2, -0.15) is 9.97 Å². The zero-order chi connectivity index (χ0) is 12.3. The highest BCUT2D eigenvalue weighted by atomic mass is 15.1. The molecule has 17 heavy (non-hydrogen) atoms. The highest BCUT2D eigenvalue weighted by molar-refractivity contribution is 5.59. The molecular weight excluding hydrogens is 214 g/mol. The van der Waals surface area contributed by atoms with Gasteiger partial charge in [0.25, 0.3) is 0 Å². The maximum absolute atomic E-state index is 5.70. The minimum Gasteiger partial charge on any atom is -0.368 e. The number of hydrogen-bond donors (Lipinski definition) is 1. The van der Waals surface area contributed by atoms with Gasteiger partial charge in [0.15, 0.2) is 5.82 Å². The third-order valence-corrected chi connectivity index (χ3v) is 2.43. The highest BCUT2D eigenvalue weighted by Gasteiger charge is 2.08. The quantitative estimate of drug-likeness (QED) is 0.868. The molecule has 0 aromatic carbocycles. The van der Waals surface area contributed by atoms with Crippen LogP contribution in [0.3, 0.4) is 0 Å². The van der Waals surface area contributed by atoms with Gasteiger partial charge in [-0.15, -0.1) is 0 Å². The Morgan fingerprint density at radius 1 is 1.24 bits per heavy atom. The van der Waals surface area contributed by atoms with Crippen molar-refractivity contribution in [2.45, 2.75) is 26.7 Å². The van der Waals surface area contributed by atoms with Crippen LogP contribution in [0.4, 0.5) is 5.95 Å². The van der Waals surface area contributed by atoms with Crippen LogP contribution in [0.15, 0.2) is 18.5 Å². The van der Waals surface area contributed by atoms with Crippen molar-refractivity contribution in [1.29, 1.82) is 0 Å². The maximum atomic E-state index is 5.70. The van der Waals surface area contributed by atoms with Gasteiger partial charge in [0.05, 0.1) is 0 Å². The third-order valence-electron chi connectivity index (χ3n) is 2.43. The summed E-state index contributed by atoms with van der Waals surface area (Å²) in [6.45, 7) is 4.05. The first kappa shape index (κ1) is 11.4. The van der Waals surface area contributed by atoms with Gasteiger partial charge in [0.2, 0.25) is 5.95 Å². The largest absolute Gasteiger partial charge is 0.368 e. The van der Waals surface area contributed by atoms with Crippen LogP contribution in [-0.2, 0) is 6.42 Å². The number of pyridine rings is 1. The van der Waals surface area contributed by atoms with Gasteiger partial charge in [-0.1, -0.05) is 6.92 Å². The Morgan fingerprint density at radius 2 is 2.06 bits per heavy atom. The number of nitrogens with zero attached hydrogens (tertiary/aromatic N) is 4. The van der Waals surface area contributed by atoms with Crippen LogP contribution in [0, 0.1) is 6.92 Å². The number of nitrogens with two attached hydrogens (primary N) is 1. The summed E-state index contributed by atoms with van der Waals surface area (Å²) in [7, 11) is 0. The van der Waals surface area contributed by atoms with Gasteiger partial charge in [-0.05, 0) is 25.0 Å². The standard InChI is InChI=1S/C12H15N5/c1-3-4-10-15-11(17-12(13)16-10)9-5-6-14-7-8(9)2/h5-7H,3-4H2,1-2H3,(H2,13,15,16,17). The Kier molecular flexibility index (Phi) is 3.27. The van der Waals surface area contributed by atoms with E-state index in [2.05, 4.69) is 26.9 Å². The summed E-state index contributed by atoms with van der Waals surface area (Å²) in [4.78, 5) is 16.8. The summed E-state index contributed by atoms with van der Waals surface area (Å²) in [5.41, 5.74) is 7.68. The first-order chi connectivity index (χ1) is 8.20. The molecule has 0 radical (unpaired) electrons. The second-order valence-electron chi connectivity index (χ2n) is 3.87. The van der Waals surface area contributed by atoms with Crippen LogP contribution in [0.2, 0.25) is 0 Å². The number of anilines is 1. The molecule has 2 aromatic heterocycles. The lowest BCUT2D eigenvalue weighted by Crippen LogP contribution is -2.05. The summed E-state index contributed by atoms with van der Waals surface area (Å²) >= 11 is 0. The van der Waals surface area contributed by atoms with Gasteiger partial charge in [0.1, 0.15) is 5.82 Å². The summed E-state index contributed by atoms with van der Waals surface area (Å²) in [6, 6.07) is 1.89. The monoisotopic (exact) mass is 229 g/mol. The van der Waals surface area contributed by atoms with Crippen molar-refractivity contribution in [3.8, 4) is 11.4 Å². The second-order valence-corrected chi connectivity index (χ2v) is 3.87. The second kappa shape index (κ2) is 4.86. The van der Waals surface area contributed by atoms with Crippen molar-refractivity contribution >= 4 is 5.95 Å². The van der Waals surface area contributed by atoms with Crippen LogP contribution in [0.1, 0.15) is 24.7 Å². The van der Waals surface area contributed by atoms with Crippen molar-refractivity contribution in [2.24, 2.45) is 0 Å². The molecule has 5 heteroatoms. The molecule has 0 bridgehead atoms. The fourth-order valence-corrected chi connectivity index (χ4v) is 1.62. The molecule has 2 rings (SSSR count). The van der Waals surface area contributed by atoms with Crippen LogP contribution >= 0.6 is 0 Å². The lowest BCUT2D eigenvalue weighted by Gasteiger charge is -2.06. The van der Waals surface area contributed by atoms with E-state index in [4.69, 9.17) is 5.73 Å². The average molecular weight is 229 g/mol. The molecule has 0 spiro atoms. The molecule has 0 aliphatic heterocycles. The van der Waals surface area contributed by atoms with Gasteiger partial charge in [-0.3, -0.25) is 4.98 Å². The van der Waals surface area contributed by atoms with Gasteiger partial charge in [-0.25, -0.2) is 4.98 Å². The minimum absolute atomic E-state index is 0.273. The predicted octanol–water partition coefficient (Wildman–Crippen LogP) is 1.78. The van der Waals surface area contributed by atoms with Crippen molar-refractivity contribution in [3.63, 3.8) is 0 Å². The molecule has 2 N–H and O–H groups in total. The molecule has 0 saturated heterocycles. The topological polar surface area (TPSA) is 77.6 Å². The molecule has 0 atom stereocenters. The maximum Gasteiger partial charge on any atom is 0.223 e. The number of hydrogen-bond acceptors (Lipinski definition) is 5. The summed E-state index contributed by atoms with van der Waals surface area (Å²) in [5.74, 6) is 1.64. The summed E-state index contributed by atoms with van der Waals surface area (Å²) in [6.07, 6.45) is 5.30. The van der Waals surface area contributed by atoms with E-state index < -0.39 is 0 Å². The zero-order valence-electron chi connectivity index (χ0n) is 10.0. The first-order valence-electron chi connectivity index (χ1n) is 5.62. The molecule has 2 aromatic rings. The van der Waals surface area contributed by atoms with E-state index in [-0.39, 0.29) is 5.95 Å². The molecule has 0 aliphatic carbocycles. The Bertz CT molecular complexity index is 524. The lowest BCUT2D eigenvalue weighted by atomic mass is 10.1. The molecule has 0 fully saturated rings. The fourth-order valence-electron chi connectivity index (χ4n) is 1.62. The molecule has 0 unspecified atom stereocenters. The van der Waals surface area contributed by atoms with E-state index in [1.807, 2.05) is 13.0 Å². The van der Waals surface area contributed by atoms with E-state index in [1.165, 1.54) is 0 Å². The Balaban J connectivity index is 2.48. The van der Waals surface area contributed by atoms with Crippen LogP contribution in [-0.4, -0.2) is 19.9 Å². The molecule has 0 amide bonds. The third kappa shape index (κ3) is 2.55. The number of nitrogen functional groups attached to an aromatic ring is 1. The van der Waals surface area contributed by atoms with Crippen LogP contribution in [0.25, 0.3) is 11.4 Å². The van der Waals surface area contributed by atoms with Gasteiger partial charge < -0.3 is 5.73 Å². The van der Waals surface area contributed by atoms with Crippen molar-refractivity contribution in [2.75, 3.05) is 5.73 Å². The van der Waals surface area contributed by atoms with Gasteiger partial charge in [0, 0.05) is 24.4 Å². The fraction of sp³-hybridized carbons (Fsp3) is 0.333. The van der Waals surface area contributed by atoms with Crippen molar-refractivity contribution < 1.29 is 0 Å². The lowest BCUT2D eigenvalue weighted by molar-refractivity contribution is 0.824. The molecule has 0 saturated carbocycles. The first-order valence-corrected chi connectivity index (χ1v) is 5.62. The molecular formula is C12H15N5. The predicted molar refractivity (Wildman–Crippen MR) is 66.2 cm³/mol.